The predicted octanol–water partition coefficient (Wildman–Crippen LogP) is 2.38. The first-order valence-corrected chi connectivity index (χ1v) is 6.97. The lowest BCUT2D eigenvalue weighted by Gasteiger charge is -2.35. The summed E-state index contributed by atoms with van der Waals surface area (Å²) < 4.78 is 5.49. The van der Waals surface area contributed by atoms with Crippen molar-refractivity contribution in [2.75, 3.05) is 30.5 Å². The molecule has 0 N–H and O–H groups in total. The number of morpholine rings is 1. The maximum absolute atomic E-state index is 6.04. The number of ether oxygens (including phenoxy) is 1. The molecule has 2 aromatic rings. The van der Waals surface area contributed by atoms with E-state index < -0.39 is 0 Å². The van der Waals surface area contributed by atoms with Gasteiger partial charge >= 0.3 is 0 Å². The normalized spacial score (nSPS) is 19.9. The van der Waals surface area contributed by atoms with Crippen LogP contribution in [0.1, 0.15) is 5.69 Å². The Bertz CT molecular complexity index is 590. The number of nitrogens with zero attached hydrogens (tertiary/aromatic N) is 3. The smallest absolute Gasteiger partial charge is 0.159 e. The largest absolute Gasteiger partial charge is 0.377 e. The summed E-state index contributed by atoms with van der Waals surface area (Å²) in [7, 11) is 0. The maximum atomic E-state index is 6.04. The highest BCUT2D eigenvalue weighted by molar-refractivity contribution is 6.18. The van der Waals surface area contributed by atoms with Gasteiger partial charge in [-0.2, -0.15) is 5.10 Å². The van der Waals surface area contributed by atoms with Crippen LogP contribution in [-0.4, -0.2) is 41.9 Å². The zero-order chi connectivity index (χ0) is 13.2. The van der Waals surface area contributed by atoms with Crippen molar-refractivity contribution in [2.24, 2.45) is 0 Å². The van der Waals surface area contributed by atoms with Crippen LogP contribution in [0.15, 0.2) is 24.3 Å². The van der Waals surface area contributed by atoms with Crippen molar-refractivity contribution in [2.45, 2.75) is 13.0 Å². The standard InChI is InChI=1S/C14H16ClN3O/c1-10-12-4-2-3-5-13(12)14(17-16-10)18-6-7-19-9-11(18)8-15/h2-5,11H,6-9H2,1H3. The molecule has 100 valence electrons. The number of aryl methyl sites for hydroxylation is 1. The molecule has 5 heteroatoms. The first-order valence-electron chi connectivity index (χ1n) is 6.43. The summed E-state index contributed by atoms with van der Waals surface area (Å²) in [5.41, 5.74) is 0.954. The Hall–Kier alpha value is -1.39. The van der Waals surface area contributed by atoms with Gasteiger partial charge in [-0.1, -0.05) is 24.3 Å². The third-order valence-corrected chi connectivity index (χ3v) is 3.89. The fourth-order valence-electron chi connectivity index (χ4n) is 2.50. The van der Waals surface area contributed by atoms with E-state index in [2.05, 4.69) is 27.2 Å². The summed E-state index contributed by atoms with van der Waals surface area (Å²) in [6, 6.07) is 8.39. The van der Waals surface area contributed by atoms with Gasteiger partial charge in [0.05, 0.1) is 24.9 Å². The van der Waals surface area contributed by atoms with E-state index in [0.717, 1.165) is 28.8 Å². The number of benzene rings is 1. The minimum Gasteiger partial charge on any atom is -0.377 e. The molecule has 1 aromatic heterocycles. The van der Waals surface area contributed by atoms with Crippen LogP contribution in [0.25, 0.3) is 10.8 Å². The fourth-order valence-corrected chi connectivity index (χ4v) is 2.75. The molecule has 1 aliphatic rings. The molecule has 4 nitrogen and oxygen atoms in total. The second kappa shape index (κ2) is 5.31. The molecule has 1 aromatic carbocycles. The van der Waals surface area contributed by atoms with Crippen LogP contribution in [-0.2, 0) is 4.74 Å². The van der Waals surface area contributed by atoms with E-state index in [1.807, 2.05) is 19.1 Å². The molecule has 1 fully saturated rings. The van der Waals surface area contributed by atoms with Crippen molar-refractivity contribution in [3.05, 3.63) is 30.0 Å². The number of fused-ring (bicyclic) bond motifs is 1. The number of halogens is 1. The maximum Gasteiger partial charge on any atom is 0.159 e. The SMILES string of the molecule is Cc1nnc(N2CCOCC2CCl)c2ccccc12. The molecule has 3 rings (SSSR count). The van der Waals surface area contributed by atoms with Crippen LogP contribution in [0.2, 0.25) is 0 Å². The molecule has 0 radical (unpaired) electrons. The topological polar surface area (TPSA) is 38.2 Å². The van der Waals surface area contributed by atoms with Crippen LogP contribution in [0, 0.1) is 6.92 Å². The average molecular weight is 278 g/mol. The molecule has 0 bridgehead atoms. The van der Waals surface area contributed by atoms with E-state index in [1.165, 1.54) is 0 Å². The summed E-state index contributed by atoms with van der Waals surface area (Å²) in [5.74, 6) is 1.44. The highest BCUT2D eigenvalue weighted by Gasteiger charge is 2.25. The van der Waals surface area contributed by atoms with Gasteiger partial charge < -0.3 is 9.64 Å². The number of hydrogen-bond acceptors (Lipinski definition) is 4. The van der Waals surface area contributed by atoms with Gasteiger partial charge in [0.2, 0.25) is 0 Å². The van der Waals surface area contributed by atoms with Gasteiger partial charge in [0.25, 0.3) is 0 Å². The summed E-state index contributed by atoms with van der Waals surface area (Å²) in [4.78, 5) is 2.21. The Kier molecular flexibility index (Phi) is 3.53. The third-order valence-electron chi connectivity index (χ3n) is 3.53. The molecule has 19 heavy (non-hydrogen) atoms. The number of hydrogen-bond donors (Lipinski definition) is 0. The average Bonchev–Trinajstić information content (AvgIpc) is 2.48. The minimum absolute atomic E-state index is 0.163. The molecule has 2 heterocycles. The Labute approximate surface area is 117 Å². The van der Waals surface area contributed by atoms with Crippen LogP contribution < -0.4 is 4.90 Å². The lowest BCUT2D eigenvalue weighted by molar-refractivity contribution is 0.0994. The highest BCUT2D eigenvalue weighted by Crippen LogP contribution is 2.28. The molecule has 1 atom stereocenters. The molecule has 0 amide bonds. The summed E-state index contributed by atoms with van der Waals surface area (Å²) in [6.45, 7) is 4.14. The Morgan fingerprint density at radius 3 is 2.89 bits per heavy atom. The monoisotopic (exact) mass is 277 g/mol. The highest BCUT2D eigenvalue weighted by atomic mass is 35.5. The molecular weight excluding hydrogens is 262 g/mol. The van der Waals surface area contributed by atoms with Crippen molar-refractivity contribution in [3.8, 4) is 0 Å². The lowest BCUT2D eigenvalue weighted by Crippen LogP contribution is -2.47. The Morgan fingerprint density at radius 2 is 2.11 bits per heavy atom. The van der Waals surface area contributed by atoms with Crippen LogP contribution in [0.3, 0.4) is 0 Å². The second-order valence-electron chi connectivity index (χ2n) is 4.73. The van der Waals surface area contributed by atoms with E-state index in [0.29, 0.717) is 19.1 Å². The van der Waals surface area contributed by atoms with Crippen molar-refractivity contribution >= 4 is 28.2 Å². The van der Waals surface area contributed by atoms with E-state index >= 15 is 0 Å². The van der Waals surface area contributed by atoms with Gasteiger partial charge in [-0.25, -0.2) is 0 Å². The number of anilines is 1. The summed E-state index contributed by atoms with van der Waals surface area (Å²) >= 11 is 6.04. The van der Waals surface area contributed by atoms with Gasteiger partial charge in [-0.05, 0) is 6.92 Å². The summed E-state index contributed by atoms with van der Waals surface area (Å²) in [6.07, 6.45) is 0. The van der Waals surface area contributed by atoms with Crippen molar-refractivity contribution in [3.63, 3.8) is 0 Å². The molecule has 1 saturated heterocycles. The summed E-state index contributed by atoms with van der Waals surface area (Å²) in [5, 5.41) is 10.9. The van der Waals surface area contributed by atoms with Crippen molar-refractivity contribution in [1.29, 1.82) is 0 Å². The number of alkyl halides is 1. The lowest BCUT2D eigenvalue weighted by atomic mass is 10.1. The molecule has 0 spiro atoms. The van der Waals surface area contributed by atoms with E-state index in [1.54, 1.807) is 0 Å². The van der Waals surface area contributed by atoms with E-state index in [4.69, 9.17) is 16.3 Å². The number of rotatable bonds is 2. The van der Waals surface area contributed by atoms with E-state index in [-0.39, 0.29) is 6.04 Å². The predicted molar refractivity (Wildman–Crippen MR) is 76.9 cm³/mol. The first-order chi connectivity index (χ1) is 9.31. The van der Waals surface area contributed by atoms with E-state index in [9.17, 15) is 0 Å². The minimum atomic E-state index is 0.163. The van der Waals surface area contributed by atoms with Crippen LogP contribution in [0.5, 0.6) is 0 Å². The quantitative estimate of drug-likeness (QED) is 0.790. The Morgan fingerprint density at radius 1 is 1.32 bits per heavy atom. The first kappa shape index (κ1) is 12.6. The van der Waals surface area contributed by atoms with Gasteiger partial charge in [-0.3, -0.25) is 0 Å². The number of aromatic nitrogens is 2. The fraction of sp³-hybridized carbons (Fsp3) is 0.429. The molecular formula is C14H16ClN3O. The van der Waals surface area contributed by atoms with Crippen molar-refractivity contribution in [1.82, 2.24) is 10.2 Å². The molecule has 0 aliphatic carbocycles. The molecule has 1 unspecified atom stereocenters. The van der Waals surface area contributed by atoms with Gasteiger partial charge in [0.15, 0.2) is 5.82 Å². The van der Waals surface area contributed by atoms with Crippen LogP contribution in [0.4, 0.5) is 5.82 Å². The van der Waals surface area contributed by atoms with Crippen LogP contribution >= 0.6 is 11.6 Å². The van der Waals surface area contributed by atoms with Gasteiger partial charge in [0.1, 0.15) is 0 Å². The van der Waals surface area contributed by atoms with Gasteiger partial charge in [-0.15, -0.1) is 16.7 Å². The zero-order valence-electron chi connectivity index (χ0n) is 10.8. The third kappa shape index (κ3) is 2.26. The molecule has 1 aliphatic heterocycles. The van der Waals surface area contributed by atoms with Crippen molar-refractivity contribution < 1.29 is 4.74 Å². The second-order valence-corrected chi connectivity index (χ2v) is 5.04. The Balaban J connectivity index is 2.11. The van der Waals surface area contributed by atoms with Gasteiger partial charge in [0, 0.05) is 23.2 Å². The zero-order valence-corrected chi connectivity index (χ0v) is 11.6. The molecule has 0 saturated carbocycles.